The summed E-state index contributed by atoms with van der Waals surface area (Å²) < 4.78 is 0. The molecule has 4 aliphatic rings. The molecule has 0 aromatic carbocycles. The highest BCUT2D eigenvalue weighted by atomic mass is 16.3. The van der Waals surface area contributed by atoms with E-state index in [1.807, 2.05) is 0 Å². The summed E-state index contributed by atoms with van der Waals surface area (Å²) >= 11 is 0. The second kappa shape index (κ2) is 5.51. The quantitative estimate of drug-likeness (QED) is 0.637. The predicted octanol–water partition coefficient (Wildman–Crippen LogP) is 5.42. The molecule has 0 unspecified atom stereocenters. The number of hydrogen-bond acceptors (Lipinski definition) is 1. The maximum Gasteiger partial charge on any atom is 0.125 e. The van der Waals surface area contributed by atoms with Gasteiger partial charge in [0.25, 0.3) is 0 Å². The highest BCUT2D eigenvalue weighted by molar-refractivity contribution is 5.16. The molecule has 0 aromatic heterocycles. The summed E-state index contributed by atoms with van der Waals surface area (Å²) in [6.07, 6.45) is 18.3. The lowest BCUT2D eigenvalue weighted by molar-refractivity contribution is -0.138. The van der Waals surface area contributed by atoms with E-state index < -0.39 is 5.60 Å². The van der Waals surface area contributed by atoms with Crippen molar-refractivity contribution in [3.63, 3.8) is 0 Å². The van der Waals surface area contributed by atoms with Crippen molar-refractivity contribution in [2.24, 2.45) is 40.4 Å². The van der Waals surface area contributed by atoms with Crippen LogP contribution in [0.15, 0.2) is 0 Å². The second-order valence-corrected chi connectivity index (χ2v) is 10.3. The maximum atomic E-state index is 10.7. The number of hydrogen-bond donors (Lipinski definition) is 1. The molecule has 0 spiro atoms. The minimum absolute atomic E-state index is 0.428. The van der Waals surface area contributed by atoms with Crippen molar-refractivity contribution in [1.29, 1.82) is 0 Å². The van der Waals surface area contributed by atoms with Crippen LogP contribution in [0.4, 0.5) is 0 Å². The van der Waals surface area contributed by atoms with Crippen molar-refractivity contribution in [1.82, 2.24) is 0 Å². The van der Waals surface area contributed by atoms with E-state index in [9.17, 15) is 5.11 Å². The van der Waals surface area contributed by atoms with Gasteiger partial charge >= 0.3 is 0 Å². The van der Waals surface area contributed by atoms with Crippen LogP contribution in [0.2, 0.25) is 0 Å². The van der Waals surface area contributed by atoms with Crippen molar-refractivity contribution < 1.29 is 5.11 Å². The largest absolute Gasteiger partial charge is 0.378 e. The molecular weight excluding hydrogens is 292 g/mol. The maximum absolute atomic E-state index is 10.7. The summed E-state index contributed by atoms with van der Waals surface area (Å²) in [5, 5.41) is 10.7. The Labute approximate surface area is 149 Å². The molecule has 1 N–H and O–H groups in total. The lowest BCUT2D eigenvalue weighted by atomic mass is 9.44. The highest BCUT2D eigenvalue weighted by Crippen LogP contribution is 2.68. The third kappa shape index (κ3) is 2.18. The van der Waals surface area contributed by atoms with Gasteiger partial charge < -0.3 is 5.11 Å². The van der Waals surface area contributed by atoms with Gasteiger partial charge in [-0.15, -0.1) is 6.42 Å². The van der Waals surface area contributed by atoms with Crippen molar-refractivity contribution >= 4 is 0 Å². The Balaban J connectivity index is 1.60. The van der Waals surface area contributed by atoms with E-state index in [4.69, 9.17) is 6.42 Å². The molecule has 0 saturated heterocycles. The average molecular weight is 329 g/mol. The normalized spacial score (nSPS) is 56.7. The first-order valence-electron chi connectivity index (χ1n) is 10.6. The minimum atomic E-state index is -0.819. The summed E-state index contributed by atoms with van der Waals surface area (Å²) in [6.45, 7) is 7.59. The molecule has 0 radical (unpaired) electrons. The predicted molar refractivity (Wildman–Crippen MR) is 99.3 cm³/mol. The van der Waals surface area contributed by atoms with Crippen molar-refractivity contribution in [3.05, 3.63) is 0 Å². The number of rotatable bonds is 1. The molecule has 4 saturated carbocycles. The number of aliphatic hydroxyl groups is 1. The first kappa shape index (κ1) is 17.0. The van der Waals surface area contributed by atoms with Crippen LogP contribution in [0, 0.1) is 52.8 Å². The smallest absolute Gasteiger partial charge is 0.125 e. The van der Waals surface area contributed by atoms with Gasteiger partial charge in [-0.3, -0.25) is 0 Å². The SMILES string of the molecule is C#C[C@@]1(O)CC[C@@]2(C)[C@H](CC[C@@H]3[C@@H]2CC[C@]2(C)[C@@H](CC)CC[C@@H]32)C1. The zero-order chi connectivity index (χ0) is 17.2. The molecule has 8 atom stereocenters. The van der Waals surface area contributed by atoms with Crippen molar-refractivity contribution in [2.45, 2.75) is 90.6 Å². The van der Waals surface area contributed by atoms with Crippen LogP contribution in [0.1, 0.15) is 85.0 Å². The fourth-order valence-electron chi connectivity index (χ4n) is 8.16. The zero-order valence-electron chi connectivity index (χ0n) is 16.0. The first-order valence-corrected chi connectivity index (χ1v) is 10.6. The highest BCUT2D eigenvalue weighted by Gasteiger charge is 2.60. The minimum Gasteiger partial charge on any atom is -0.378 e. The third-order valence-electron chi connectivity index (χ3n) is 9.68. The summed E-state index contributed by atoms with van der Waals surface area (Å²) in [7, 11) is 0. The number of terminal acetylenes is 1. The van der Waals surface area contributed by atoms with E-state index in [2.05, 4.69) is 26.7 Å². The molecule has 4 rings (SSSR count). The molecule has 0 aromatic rings. The Bertz CT molecular complexity index is 547. The van der Waals surface area contributed by atoms with Crippen LogP contribution in [0.25, 0.3) is 0 Å². The van der Waals surface area contributed by atoms with Gasteiger partial charge in [-0.05, 0) is 98.2 Å². The molecule has 0 aliphatic heterocycles. The molecular formula is C23H36O. The van der Waals surface area contributed by atoms with Gasteiger partial charge in [0, 0.05) is 0 Å². The van der Waals surface area contributed by atoms with Gasteiger partial charge in [0.2, 0.25) is 0 Å². The Kier molecular flexibility index (Phi) is 3.89. The summed E-state index contributed by atoms with van der Waals surface area (Å²) in [5.74, 6) is 7.11. The van der Waals surface area contributed by atoms with Gasteiger partial charge in [0.05, 0.1) is 0 Å². The average Bonchev–Trinajstić information content (AvgIpc) is 2.92. The van der Waals surface area contributed by atoms with Crippen LogP contribution < -0.4 is 0 Å². The molecule has 24 heavy (non-hydrogen) atoms. The van der Waals surface area contributed by atoms with Gasteiger partial charge in [-0.1, -0.05) is 33.1 Å². The van der Waals surface area contributed by atoms with E-state index in [1.54, 1.807) is 0 Å². The molecule has 1 heteroatoms. The Morgan fingerprint density at radius 3 is 2.42 bits per heavy atom. The zero-order valence-corrected chi connectivity index (χ0v) is 16.0. The Morgan fingerprint density at radius 1 is 0.958 bits per heavy atom. The first-order chi connectivity index (χ1) is 11.4. The van der Waals surface area contributed by atoms with Gasteiger partial charge in [0.15, 0.2) is 0 Å². The molecule has 0 bridgehead atoms. The van der Waals surface area contributed by atoms with E-state index in [0.717, 1.165) is 42.9 Å². The topological polar surface area (TPSA) is 20.2 Å². The molecule has 0 heterocycles. The van der Waals surface area contributed by atoms with Crippen molar-refractivity contribution in [2.75, 3.05) is 0 Å². The summed E-state index contributed by atoms with van der Waals surface area (Å²) in [6, 6.07) is 0. The monoisotopic (exact) mass is 328 g/mol. The number of fused-ring (bicyclic) bond motifs is 5. The van der Waals surface area contributed by atoms with Crippen LogP contribution in [-0.4, -0.2) is 10.7 Å². The molecule has 1 nitrogen and oxygen atoms in total. The van der Waals surface area contributed by atoms with Gasteiger partial charge in [-0.2, -0.15) is 0 Å². The summed E-state index contributed by atoms with van der Waals surface area (Å²) in [5.41, 5.74) is 0.228. The second-order valence-electron chi connectivity index (χ2n) is 10.3. The Morgan fingerprint density at radius 2 is 1.71 bits per heavy atom. The third-order valence-corrected chi connectivity index (χ3v) is 9.68. The van der Waals surface area contributed by atoms with E-state index >= 15 is 0 Å². The fraction of sp³-hybridized carbons (Fsp3) is 0.913. The van der Waals surface area contributed by atoms with Crippen LogP contribution in [-0.2, 0) is 0 Å². The molecule has 4 fully saturated rings. The van der Waals surface area contributed by atoms with Crippen molar-refractivity contribution in [3.8, 4) is 12.3 Å². The lowest BCUT2D eigenvalue weighted by Gasteiger charge is -2.61. The van der Waals surface area contributed by atoms with E-state index in [0.29, 0.717) is 16.7 Å². The molecule has 0 amide bonds. The standard InChI is InChI=1S/C23H36O/c1-5-16-8-10-19-18-9-7-17-15-23(24,6-2)14-13-22(17,4)20(18)11-12-21(16,19)3/h2,16-20,24H,5,7-15H2,1,3-4H3/t16-,17+,18-,19-,20-,21+,22-,23+/m0/s1. The van der Waals surface area contributed by atoms with Crippen LogP contribution >= 0.6 is 0 Å². The van der Waals surface area contributed by atoms with Gasteiger partial charge in [-0.25, -0.2) is 0 Å². The summed E-state index contributed by atoms with van der Waals surface area (Å²) in [4.78, 5) is 0. The lowest BCUT2D eigenvalue weighted by Crippen LogP contribution is -2.55. The van der Waals surface area contributed by atoms with Crippen LogP contribution in [0.5, 0.6) is 0 Å². The Hall–Kier alpha value is -0.480. The fourth-order valence-corrected chi connectivity index (χ4v) is 8.16. The van der Waals surface area contributed by atoms with Gasteiger partial charge in [0.1, 0.15) is 5.60 Å². The molecule has 134 valence electrons. The van der Waals surface area contributed by atoms with E-state index in [1.165, 1.54) is 44.9 Å². The van der Waals surface area contributed by atoms with E-state index in [-0.39, 0.29) is 0 Å². The van der Waals surface area contributed by atoms with Crippen LogP contribution in [0.3, 0.4) is 0 Å². The molecule has 4 aliphatic carbocycles.